The van der Waals surface area contributed by atoms with E-state index in [-0.39, 0.29) is 23.9 Å². The second kappa shape index (κ2) is 17.9. The van der Waals surface area contributed by atoms with Crippen molar-refractivity contribution in [3.8, 4) is 12.1 Å². The molecule has 1 aliphatic carbocycles. The number of quaternary nitrogens is 1. The highest BCUT2D eigenvalue weighted by Gasteiger charge is 2.54. The molecule has 62 heavy (non-hydrogen) atoms. The number of nitriles is 2. The van der Waals surface area contributed by atoms with Gasteiger partial charge in [-0.2, -0.15) is 10.5 Å². The quantitative estimate of drug-likeness (QED) is 0.0646. The normalized spacial score (nSPS) is 23.1. The lowest BCUT2D eigenvalue weighted by Gasteiger charge is -2.35. The van der Waals surface area contributed by atoms with Crippen LogP contribution < -0.4 is 9.38 Å². The van der Waals surface area contributed by atoms with Gasteiger partial charge in [0.05, 0.1) is 61.2 Å². The SMILES string of the molecule is CCCCC1(CC=C(C)C)/C(=C/C=C2\CCC(/C=C(\C#N)[N+]3(CCC(=O)O)CC(C)(Cc4ccoc4)c4cc(C)ccc43)=C2C#N)N(CCC(=O)O)c2c1ccc1ccccc21. The third-order valence-electron chi connectivity index (χ3n) is 13.3. The lowest BCUT2D eigenvalue weighted by molar-refractivity contribution is -0.138. The number of carbonyl (C=O) groups is 2. The summed E-state index contributed by atoms with van der Waals surface area (Å²) in [6.07, 6.45) is 16.9. The van der Waals surface area contributed by atoms with Crippen LogP contribution in [0, 0.1) is 29.6 Å². The Morgan fingerprint density at radius 1 is 0.984 bits per heavy atom. The van der Waals surface area contributed by atoms with Gasteiger partial charge in [0.1, 0.15) is 5.69 Å². The molecule has 7 rings (SSSR count). The molecule has 0 saturated carbocycles. The zero-order chi connectivity index (χ0) is 44.2. The minimum Gasteiger partial charge on any atom is -0.481 e. The average Bonchev–Trinajstić information content (AvgIpc) is 4.02. The standard InChI is InChI=1S/C53H56N4O5/c1-6-7-24-53(25-20-36(2)3)45-17-15-39-10-8-9-11-43(39)51(45)56(26-21-49(58)59)48(53)19-16-40-13-14-41(44(40)33-55)30-42(32-54)57(27-22-50(60)61)35-52(5,31-38-23-28-62-34-38)46-29-37(4)12-18-47(46)57/h8-12,15-20,23,28-30,34H,6-7,13-14,21-22,24-27,31,35H2,1-5H3,(H-,58,59,60,61)/p+1/b40-16+,42-30+,48-19-. The van der Waals surface area contributed by atoms with Gasteiger partial charge in [0.2, 0.25) is 5.70 Å². The Morgan fingerprint density at radius 2 is 1.77 bits per heavy atom. The van der Waals surface area contributed by atoms with E-state index in [1.165, 1.54) is 11.1 Å². The van der Waals surface area contributed by atoms with E-state index in [1.54, 1.807) is 12.5 Å². The minimum atomic E-state index is -0.938. The number of rotatable bonds is 16. The fourth-order valence-electron chi connectivity index (χ4n) is 10.4. The van der Waals surface area contributed by atoms with Crippen LogP contribution in [0.2, 0.25) is 0 Å². The number of fused-ring (bicyclic) bond motifs is 4. The van der Waals surface area contributed by atoms with E-state index in [0.29, 0.717) is 43.6 Å². The zero-order valence-electron chi connectivity index (χ0n) is 36.6. The summed E-state index contributed by atoms with van der Waals surface area (Å²) in [5.74, 6) is -1.80. The highest BCUT2D eigenvalue weighted by Crippen LogP contribution is 2.56. The second-order valence-corrected chi connectivity index (χ2v) is 17.9. The number of unbranched alkanes of at least 4 members (excludes halogenated alkanes) is 1. The maximum absolute atomic E-state index is 12.2. The predicted molar refractivity (Wildman–Crippen MR) is 245 cm³/mol. The molecule has 3 aliphatic rings. The van der Waals surface area contributed by atoms with Gasteiger partial charge in [0, 0.05) is 40.7 Å². The van der Waals surface area contributed by atoms with Gasteiger partial charge in [-0.25, -0.2) is 4.48 Å². The summed E-state index contributed by atoms with van der Waals surface area (Å²) < 4.78 is 5.51. The Balaban J connectivity index is 1.38. The monoisotopic (exact) mass is 829 g/mol. The Hall–Kier alpha value is -6.42. The molecule has 0 amide bonds. The first kappa shape index (κ1) is 43.7. The molecule has 0 radical (unpaired) electrons. The molecule has 3 atom stereocenters. The molecule has 1 aromatic heterocycles. The predicted octanol–water partition coefficient (Wildman–Crippen LogP) is 11.6. The van der Waals surface area contributed by atoms with Crippen molar-refractivity contribution in [3.63, 3.8) is 0 Å². The van der Waals surface area contributed by atoms with Crippen LogP contribution in [0.1, 0.15) is 101 Å². The van der Waals surface area contributed by atoms with Gasteiger partial charge in [-0.15, -0.1) is 0 Å². The summed E-state index contributed by atoms with van der Waals surface area (Å²) in [5.41, 5.74) is 10.2. The Labute approximate surface area is 365 Å². The van der Waals surface area contributed by atoms with Crippen LogP contribution in [-0.4, -0.2) is 41.8 Å². The zero-order valence-corrected chi connectivity index (χ0v) is 36.6. The van der Waals surface area contributed by atoms with Crippen LogP contribution in [0.3, 0.4) is 0 Å². The van der Waals surface area contributed by atoms with Gasteiger partial charge in [-0.3, -0.25) is 9.59 Å². The molecule has 4 aromatic rings. The van der Waals surface area contributed by atoms with Gasteiger partial charge in [0.25, 0.3) is 0 Å². The van der Waals surface area contributed by atoms with Gasteiger partial charge in [-0.05, 0) is 106 Å². The topological polar surface area (TPSA) is 139 Å². The number of allylic oxidation sites excluding steroid dienone is 10. The first-order valence-electron chi connectivity index (χ1n) is 21.8. The summed E-state index contributed by atoms with van der Waals surface area (Å²) in [4.78, 5) is 26.7. The minimum absolute atomic E-state index is 0.0377. The maximum atomic E-state index is 12.2. The number of aliphatic carboxylic acids is 2. The van der Waals surface area contributed by atoms with Crippen molar-refractivity contribution < 1.29 is 24.2 Å². The first-order chi connectivity index (χ1) is 29.8. The summed E-state index contributed by atoms with van der Waals surface area (Å²) in [7, 11) is 0. The lowest BCUT2D eigenvalue weighted by atomic mass is 9.72. The summed E-state index contributed by atoms with van der Waals surface area (Å²) in [6, 6.07) is 25.9. The van der Waals surface area contributed by atoms with Crippen molar-refractivity contribution in [1.29, 1.82) is 10.5 Å². The molecule has 0 fully saturated rings. The number of anilines is 1. The fourth-order valence-corrected chi connectivity index (χ4v) is 10.4. The van der Waals surface area contributed by atoms with Gasteiger partial charge in [-0.1, -0.05) is 85.5 Å². The summed E-state index contributed by atoms with van der Waals surface area (Å²) in [6.45, 7) is 11.6. The molecule has 3 unspecified atom stereocenters. The first-order valence-corrected chi connectivity index (χ1v) is 21.8. The van der Waals surface area contributed by atoms with E-state index in [0.717, 1.165) is 81.4 Å². The van der Waals surface area contributed by atoms with Crippen molar-refractivity contribution in [2.75, 3.05) is 24.5 Å². The van der Waals surface area contributed by atoms with Crippen molar-refractivity contribution in [2.45, 2.75) is 103 Å². The van der Waals surface area contributed by atoms with Gasteiger partial charge in [0.15, 0.2) is 6.07 Å². The lowest BCUT2D eigenvalue weighted by Crippen LogP contribution is -2.51. The number of aryl methyl sites for hydroxylation is 1. The van der Waals surface area contributed by atoms with Crippen LogP contribution in [-0.2, 0) is 26.8 Å². The molecule has 2 aliphatic heterocycles. The molecule has 0 bridgehead atoms. The maximum Gasteiger partial charge on any atom is 0.309 e. The highest BCUT2D eigenvalue weighted by atomic mass is 16.4. The highest BCUT2D eigenvalue weighted by molar-refractivity contribution is 6.00. The molecule has 3 heterocycles. The Morgan fingerprint density at radius 3 is 2.47 bits per heavy atom. The third-order valence-corrected chi connectivity index (χ3v) is 13.3. The summed E-state index contributed by atoms with van der Waals surface area (Å²) >= 11 is 0. The van der Waals surface area contributed by atoms with Crippen molar-refractivity contribution in [3.05, 3.63) is 153 Å². The van der Waals surface area contributed by atoms with E-state index in [2.05, 4.69) is 93.3 Å². The summed E-state index contributed by atoms with van der Waals surface area (Å²) in [5, 5.41) is 44.1. The van der Waals surface area contributed by atoms with Crippen LogP contribution >= 0.6 is 0 Å². The number of carboxylic acid groups (broad SMARTS) is 2. The van der Waals surface area contributed by atoms with Crippen LogP contribution in [0.4, 0.5) is 11.4 Å². The molecule has 2 N–H and O–H groups in total. The molecule has 318 valence electrons. The van der Waals surface area contributed by atoms with Gasteiger partial charge < -0.3 is 19.5 Å². The molecular weight excluding hydrogens is 773 g/mol. The molecule has 0 spiro atoms. The second-order valence-electron chi connectivity index (χ2n) is 17.9. The largest absolute Gasteiger partial charge is 0.481 e. The third kappa shape index (κ3) is 8.18. The van der Waals surface area contributed by atoms with Crippen molar-refractivity contribution >= 4 is 34.1 Å². The number of furan rings is 1. The number of hydrogen-bond acceptors (Lipinski definition) is 6. The smallest absolute Gasteiger partial charge is 0.309 e. The van der Waals surface area contributed by atoms with Gasteiger partial charge >= 0.3 is 11.9 Å². The molecular formula is C53H57N4O5+. The van der Waals surface area contributed by atoms with Crippen LogP contribution in [0.25, 0.3) is 10.8 Å². The number of benzene rings is 3. The average molecular weight is 830 g/mol. The van der Waals surface area contributed by atoms with E-state index in [1.807, 2.05) is 43.3 Å². The Kier molecular flexibility index (Phi) is 12.6. The van der Waals surface area contributed by atoms with Crippen LogP contribution in [0.15, 0.2) is 136 Å². The van der Waals surface area contributed by atoms with E-state index in [9.17, 15) is 30.3 Å². The number of nitrogens with zero attached hydrogens (tertiary/aromatic N) is 4. The van der Waals surface area contributed by atoms with Crippen molar-refractivity contribution in [2.24, 2.45) is 0 Å². The van der Waals surface area contributed by atoms with E-state index < -0.39 is 22.8 Å². The number of hydrogen-bond donors (Lipinski definition) is 2. The fraction of sp³-hybridized carbons (Fsp3) is 0.358. The van der Waals surface area contributed by atoms with E-state index >= 15 is 0 Å². The molecule has 0 saturated heterocycles. The van der Waals surface area contributed by atoms with E-state index in [4.69, 9.17) is 4.42 Å². The molecule has 9 heteroatoms. The van der Waals surface area contributed by atoms with Crippen LogP contribution in [0.5, 0.6) is 0 Å². The number of carboxylic acids is 2. The molecule has 3 aromatic carbocycles. The Bertz CT molecular complexity index is 2650. The van der Waals surface area contributed by atoms with Crippen molar-refractivity contribution in [1.82, 2.24) is 4.48 Å². The molecule has 9 nitrogen and oxygen atoms in total.